The summed E-state index contributed by atoms with van der Waals surface area (Å²) in [7, 11) is -3.63. The van der Waals surface area contributed by atoms with Gasteiger partial charge in [0.1, 0.15) is 5.58 Å². The van der Waals surface area contributed by atoms with Gasteiger partial charge >= 0.3 is 5.97 Å². The molecule has 0 spiro atoms. The molecule has 0 fully saturated rings. The van der Waals surface area contributed by atoms with Gasteiger partial charge in [-0.05, 0) is 48.4 Å². The predicted molar refractivity (Wildman–Crippen MR) is 93.5 cm³/mol. The molecule has 0 aliphatic heterocycles. The van der Waals surface area contributed by atoms with Gasteiger partial charge in [0.05, 0.1) is 4.90 Å². The van der Waals surface area contributed by atoms with Gasteiger partial charge in [0.2, 0.25) is 15.8 Å². The van der Waals surface area contributed by atoms with Crippen molar-refractivity contribution in [3.63, 3.8) is 0 Å². The molecule has 130 valence electrons. The van der Waals surface area contributed by atoms with Crippen LogP contribution in [0.3, 0.4) is 0 Å². The molecule has 0 radical (unpaired) electrons. The topological polar surface area (TPSA) is 96.6 Å². The lowest BCUT2D eigenvalue weighted by atomic mass is 10.1. The monoisotopic (exact) mass is 379 g/mol. The minimum Gasteiger partial charge on any atom is -0.475 e. The largest absolute Gasteiger partial charge is 0.475 e. The maximum atomic E-state index is 12.2. The number of rotatable bonds is 6. The summed E-state index contributed by atoms with van der Waals surface area (Å²) in [5.74, 6) is -1.30. The Morgan fingerprint density at radius 3 is 2.56 bits per heavy atom. The molecule has 3 aromatic rings. The molecule has 2 aromatic carbocycles. The number of hydrogen-bond donors (Lipinski definition) is 2. The third-order valence-corrected chi connectivity index (χ3v) is 5.40. The van der Waals surface area contributed by atoms with E-state index in [0.29, 0.717) is 22.4 Å². The normalized spacial score (nSPS) is 11.7. The maximum absolute atomic E-state index is 12.2. The minimum absolute atomic E-state index is 0.131. The molecule has 0 saturated heterocycles. The van der Waals surface area contributed by atoms with Crippen molar-refractivity contribution in [1.29, 1.82) is 0 Å². The fourth-order valence-electron chi connectivity index (χ4n) is 2.46. The van der Waals surface area contributed by atoms with Gasteiger partial charge in [0.15, 0.2) is 0 Å². The van der Waals surface area contributed by atoms with E-state index in [1.54, 1.807) is 18.2 Å². The molecule has 2 N–H and O–H groups in total. The number of fused-ring (bicyclic) bond motifs is 1. The number of halogens is 1. The first kappa shape index (κ1) is 17.5. The van der Waals surface area contributed by atoms with Crippen molar-refractivity contribution < 1.29 is 22.7 Å². The molecular formula is C17H14ClNO5S. The second-order valence-corrected chi connectivity index (χ2v) is 7.55. The van der Waals surface area contributed by atoms with Gasteiger partial charge in [0.25, 0.3) is 0 Å². The van der Waals surface area contributed by atoms with Crippen LogP contribution < -0.4 is 4.72 Å². The van der Waals surface area contributed by atoms with Crippen molar-refractivity contribution in [1.82, 2.24) is 4.72 Å². The van der Waals surface area contributed by atoms with E-state index in [2.05, 4.69) is 4.72 Å². The Kier molecular flexibility index (Phi) is 4.80. The smallest absolute Gasteiger partial charge is 0.371 e. The van der Waals surface area contributed by atoms with Crippen LogP contribution in [0.4, 0.5) is 0 Å². The molecule has 1 heterocycles. The first-order valence-electron chi connectivity index (χ1n) is 7.37. The lowest BCUT2D eigenvalue weighted by Gasteiger charge is -2.07. The van der Waals surface area contributed by atoms with E-state index in [1.165, 1.54) is 30.3 Å². The van der Waals surface area contributed by atoms with Gasteiger partial charge in [-0.2, -0.15) is 0 Å². The molecule has 0 unspecified atom stereocenters. The van der Waals surface area contributed by atoms with Gasteiger partial charge in [-0.1, -0.05) is 23.7 Å². The fraction of sp³-hybridized carbons (Fsp3) is 0.118. The highest BCUT2D eigenvalue weighted by Crippen LogP contribution is 2.23. The SMILES string of the molecule is O=C(O)c1cc2c(CCNS(=O)(=O)c3ccc(Cl)cc3)cccc2o1. The molecule has 0 bridgehead atoms. The molecule has 1 aromatic heterocycles. The molecule has 8 heteroatoms. The minimum atomic E-state index is -3.63. The number of carbonyl (C=O) groups is 1. The molecular weight excluding hydrogens is 366 g/mol. The Hall–Kier alpha value is -2.35. The van der Waals surface area contributed by atoms with E-state index < -0.39 is 16.0 Å². The van der Waals surface area contributed by atoms with Crippen molar-refractivity contribution in [3.8, 4) is 0 Å². The standard InChI is InChI=1S/C17H14ClNO5S/c18-12-4-6-13(7-5-12)25(22,23)19-9-8-11-2-1-3-15-14(11)10-16(24-15)17(20)21/h1-7,10,19H,8-9H2,(H,20,21). The predicted octanol–water partition coefficient (Wildman–Crippen LogP) is 3.31. The zero-order valence-electron chi connectivity index (χ0n) is 12.9. The van der Waals surface area contributed by atoms with E-state index in [1.807, 2.05) is 0 Å². The van der Waals surface area contributed by atoms with Crippen LogP contribution in [0.1, 0.15) is 16.1 Å². The number of sulfonamides is 1. The van der Waals surface area contributed by atoms with Gasteiger partial charge < -0.3 is 9.52 Å². The third kappa shape index (κ3) is 3.84. The van der Waals surface area contributed by atoms with E-state index >= 15 is 0 Å². The first-order valence-corrected chi connectivity index (χ1v) is 9.23. The van der Waals surface area contributed by atoms with Crippen molar-refractivity contribution in [3.05, 3.63) is 64.9 Å². The summed E-state index contributed by atoms with van der Waals surface area (Å²) in [6.45, 7) is 0.164. The van der Waals surface area contributed by atoms with Crippen molar-refractivity contribution in [2.24, 2.45) is 0 Å². The van der Waals surface area contributed by atoms with Crippen LogP contribution in [0.15, 0.2) is 57.8 Å². The number of carboxylic acid groups (broad SMARTS) is 1. The van der Waals surface area contributed by atoms with Crippen LogP contribution in [0.2, 0.25) is 5.02 Å². The third-order valence-electron chi connectivity index (χ3n) is 3.67. The average molecular weight is 380 g/mol. The number of hydrogen-bond acceptors (Lipinski definition) is 4. The van der Waals surface area contributed by atoms with E-state index in [4.69, 9.17) is 21.1 Å². The van der Waals surface area contributed by atoms with E-state index in [9.17, 15) is 13.2 Å². The summed E-state index contributed by atoms with van der Waals surface area (Å²) < 4.78 is 32.2. The number of aromatic carboxylic acids is 1. The van der Waals surface area contributed by atoms with Gasteiger partial charge in [-0.15, -0.1) is 0 Å². The molecule has 6 nitrogen and oxygen atoms in total. The molecule has 3 rings (SSSR count). The summed E-state index contributed by atoms with van der Waals surface area (Å²) in [6.07, 6.45) is 0.392. The van der Waals surface area contributed by atoms with Gasteiger partial charge in [0, 0.05) is 17.0 Å². The second kappa shape index (κ2) is 6.87. The molecule has 25 heavy (non-hydrogen) atoms. The quantitative estimate of drug-likeness (QED) is 0.684. The Morgan fingerprint density at radius 1 is 1.16 bits per heavy atom. The average Bonchev–Trinajstić information content (AvgIpc) is 3.00. The highest BCUT2D eigenvalue weighted by molar-refractivity contribution is 7.89. The van der Waals surface area contributed by atoms with Crippen LogP contribution in [0.5, 0.6) is 0 Å². The van der Waals surface area contributed by atoms with Crippen LogP contribution in [-0.2, 0) is 16.4 Å². The summed E-state index contributed by atoms with van der Waals surface area (Å²) in [6, 6.07) is 12.5. The van der Waals surface area contributed by atoms with Crippen molar-refractivity contribution in [2.75, 3.05) is 6.54 Å². The van der Waals surface area contributed by atoms with Crippen molar-refractivity contribution in [2.45, 2.75) is 11.3 Å². The summed E-state index contributed by atoms with van der Waals surface area (Å²) >= 11 is 5.76. The van der Waals surface area contributed by atoms with Gasteiger partial charge in [-0.25, -0.2) is 17.9 Å². The first-order chi connectivity index (χ1) is 11.9. The number of benzene rings is 2. The Labute approximate surface area is 149 Å². The van der Waals surface area contributed by atoms with Crippen LogP contribution in [0, 0.1) is 0 Å². The van der Waals surface area contributed by atoms with Crippen LogP contribution >= 0.6 is 11.6 Å². The Bertz CT molecular complexity index is 1020. The zero-order chi connectivity index (χ0) is 18.0. The highest BCUT2D eigenvalue weighted by atomic mass is 35.5. The van der Waals surface area contributed by atoms with Gasteiger partial charge in [-0.3, -0.25) is 0 Å². The maximum Gasteiger partial charge on any atom is 0.371 e. The molecule has 0 saturated carbocycles. The van der Waals surface area contributed by atoms with Crippen LogP contribution in [-0.4, -0.2) is 26.0 Å². The number of furan rings is 1. The van der Waals surface area contributed by atoms with Crippen molar-refractivity contribution >= 4 is 38.6 Å². The lowest BCUT2D eigenvalue weighted by Crippen LogP contribution is -2.26. The highest BCUT2D eigenvalue weighted by Gasteiger charge is 2.15. The zero-order valence-corrected chi connectivity index (χ0v) is 14.5. The summed E-state index contributed by atoms with van der Waals surface area (Å²) in [5, 5.41) is 10.1. The molecule has 0 aliphatic carbocycles. The number of carboxylic acids is 1. The van der Waals surface area contributed by atoms with E-state index in [-0.39, 0.29) is 17.2 Å². The second-order valence-electron chi connectivity index (χ2n) is 5.35. The Morgan fingerprint density at radius 2 is 1.88 bits per heavy atom. The summed E-state index contributed by atoms with van der Waals surface area (Å²) in [5.41, 5.74) is 1.25. The van der Waals surface area contributed by atoms with E-state index in [0.717, 1.165) is 5.56 Å². The molecule has 0 aliphatic rings. The van der Waals surface area contributed by atoms with Crippen LogP contribution in [0.25, 0.3) is 11.0 Å². The Balaban J connectivity index is 1.74. The lowest BCUT2D eigenvalue weighted by molar-refractivity contribution is 0.0665. The molecule has 0 atom stereocenters. The number of nitrogens with one attached hydrogen (secondary N) is 1. The fourth-order valence-corrected chi connectivity index (χ4v) is 3.62. The molecule has 0 amide bonds. The summed E-state index contributed by atoms with van der Waals surface area (Å²) in [4.78, 5) is 11.1.